The van der Waals surface area contributed by atoms with Crippen LogP contribution in [-0.4, -0.2) is 26.2 Å². The number of carbonyl (C=O) groups is 2. The van der Waals surface area contributed by atoms with Gasteiger partial charge in [-0.05, 0) is 36.1 Å². The zero-order valence-corrected chi connectivity index (χ0v) is 11.4. The van der Waals surface area contributed by atoms with Crippen LogP contribution < -0.4 is 0 Å². The van der Waals surface area contributed by atoms with Gasteiger partial charge in [0.25, 0.3) is 0 Å². The van der Waals surface area contributed by atoms with Crippen molar-refractivity contribution in [2.24, 2.45) is 0 Å². The molecule has 0 saturated carbocycles. The van der Waals surface area contributed by atoms with Crippen molar-refractivity contribution in [1.82, 2.24) is 0 Å². The summed E-state index contributed by atoms with van der Waals surface area (Å²) in [7, 11) is 2.57. The lowest BCUT2D eigenvalue weighted by Crippen LogP contribution is -2.19. The number of hydrogen-bond acceptors (Lipinski definition) is 4. The summed E-state index contributed by atoms with van der Waals surface area (Å²) >= 11 is 5.96. The van der Waals surface area contributed by atoms with Gasteiger partial charge in [0.2, 0.25) is 0 Å². The van der Waals surface area contributed by atoms with Crippen LogP contribution in [-0.2, 0) is 25.5 Å². The molecule has 0 bridgehead atoms. The molecule has 0 heterocycles. The summed E-state index contributed by atoms with van der Waals surface area (Å²) < 4.78 is 9.49. The number of hydrogen-bond donors (Lipinski definition) is 0. The highest BCUT2D eigenvalue weighted by atomic mass is 35.5. The standard InChI is InChI=1S/C14H13ClO4/c1-18-13(16)10-6-4-8-3-5-9(15)7-11(8)12(10)14(17)19-2/h3,5,7H,4,6H2,1-2H3. The number of ether oxygens (including phenoxy) is 2. The fraction of sp³-hybridized carbons (Fsp3) is 0.286. The average molecular weight is 281 g/mol. The summed E-state index contributed by atoms with van der Waals surface area (Å²) in [6.45, 7) is 0. The summed E-state index contributed by atoms with van der Waals surface area (Å²) in [4.78, 5) is 23.7. The third-order valence-corrected chi connectivity index (χ3v) is 3.34. The molecule has 0 N–H and O–H groups in total. The smallest absolute Gasteiger partial charge is 0.339 e. The minimum atomic E-state index is -0.552. The molecule has 0 amide bonds. The molecule has 0 aromatic heterocycles. The first-order chi connectivity index (χ1) is 9.08. The van der Waals surface area contributed by atoms with Gasteiger partial charge in [-0.2, -0.15) is 0 Å². The molecule has 1 aliphatic rings. The highest BCUT2D eigenvalue weighted by Gasteiger charge is 2.29. The van der Waals surface area contributed by atoms with E-state index >= 15 is 0 Å². The zero-order chi connectivity index (χ0) is 14.0. The SMILES string of the molecule is COC(=O)C1=C(C(=O)OC)c2cc(Cl)ccc2CC1. The van der Waals surface area contributed by atoms with Crippen LogP contribution in [0.3, 0.4) is 0 Å². The maximum Gasteiger partial charge on any atom is 0.339 e. The van der Waals surface area contributed by atoms with Crippen LogP contribution in [0.15, 0.2) is 23.8 Å². The van der Waals surface area contributed by atoms with Gasteiger partial charge in [-0.25, -0.2) is 9.59 Å². The Bertz CT molecular complexity index is 575. The lowest BCUT2D eigenvalue weighted by molar-refractivity contribution is -0.138. The number of aryl methyl sites for hydroxylation is 1. The number of rotatable bonds is 2. The fourth-order valence-electron chi connectivity index (χ4n) is 2.21. The lowest BCUT2D eigenvalue weighted by Gasteiger charge is -2.20. The number of benzene rings is 1. The predicted octanol–water partition coefficient (Wildman–Crippen LogP) is 2.39. The number of esters is 2. The number of carbonyl (C=O) groups excluding carboxylic acids is 2. The Kier molecular flexibility index (Phi) is 3.90. The molecule has 0 unspecified atom stereocenters. The van der Waals surface area contributed by atoms with E-state index in [1.165, 1.54) is 14.2 Å². The molecule has 19 heavy (non-hydrogen) atoms. The molecular weight excluding hydrogens is 268 g/mol. The third-order valence-electron chi connectivity index (χ3n) is 3.11. The van der Waals surface area contributed by atoms with E-state index in [1.807, 2.05) is 6.07 Å². The van der Waals surface area contributed by atoms with Crippen molar-refractivity contribution in [2.75, 3.05) is 14.2 Å². The first-order valence-corrected chi connectivity index (χ1v) is 6.15. The van der Waals surface area contributed by atoms with Crippen molar-refractivity contribution in [3.05, 3.63) is 39.9 Å². The predicted molar refractivity (Wildman–Crippen MR) is 70.7 cm³/mol. The van der Waals surface area contributed by atoms with E-state index in [1.54, 1.807) is 12.1 Å². The molecule has 1 aliphatic carbocycles. The zero-order valence-electron chi connectivity index (χ0n) is 10.7. The van der Waals surface area contributed by atoms with Crippen molar-refractivity contribution in [1.29, 1.82) is 0 Å². The molecule has 4 nitrogen and oxygen atoms in total. The monoisotopic (exact) mass is 280 g/mol. The van der Waals surface area contributed by atoms with Gasteiger partial charge < -0.3 is 9.47 Å². The molecule has 0 radical (unpaired) electrons. The van der Waals surface area contributed by atoms with E-state index in [4.69, 9.17) is 21.1 Å². The molecule has 100 valence electrons. The molecule has 0 fully saturated rings. The number of fused-ring (bicyclic) bond motifs is 1. The second kappa shape index (κ2) is 5.45. The van der Waals surface area contributed by atoms with Crippen LogP contribution in [0.25, 0.3) is 5.57 Å². The first kappa shape index (κ1) is 13.6. The van der Waals surface area contributed by atoms with E-state index in [-0.39, 0.29) is 5.57 Å². The van der Waals surface area contributed by atoms with E-state index in [9.17, 15) is 9.59 Å². The van der Waals surface area contributed by atoms with Gasteiger partial charge in [-0.15, -0.1) is 0 Å². The first-order valence-electron chi connectivity index (χ1n) is 5.77. The molecule has 0 atom stereocenters. The van der Waals surface area contributed by atoms with Crippen LogP contribution in [0.4, 0.5) is 0 Å². The summed E-state index contributed by atoms with van der Waals surface area (Å²) in [5.41, 5.74) is 2.20. The molecule has 5 heteroatoms. The van der Waals surface area contributed by atoms with Gasteiger partial charge in [-0.1, -0.05) is 17.7 Å². The van der Waals surface area contributed by atoms with Gasteiger partial charge in [0.05, 0.1) is 25.4 Å². The Morgan fingerprint density at radius 2 is 1.79 bits per heavy atom. The second-order valence-corrected chi connectivity index (χ2v) is 4.57. The fourth-order valence-corrected chi connectivity index (χ4v) is 2.38. The van der Waals surface area contributed by atoms with Gasteiger partial charge in [-0.3, -0.25) is 0 Å². The summed E-state index contributed by atoms with van der Waals surface area (Å²) in [6.07, 6.45) is 1.11. The third kappa shape index (κ3) is 2.49. The van der Waals surface area contributed by atoms with E-state index in [0.717, 1.165) is 5.56 Å². The van der Waals surface area contributed by atoms with Crippen molar-refractivity contribution >= 4 is 29.1 Å². The molecule has 1 aromatic carbocycles. The molecule has 0 aliphatic heterocycles. The van der Waals surface area contributed by atoms with Crippen molar-refractivity contribution in [3.8, 4) is 0 Å². The Morgan fingerprint density at radius 3 is 2.42 bits per heavy atom. The maximum atomic E-state index is 11.9. The Hall–Kier alpha value is -1.81. The van der Waals surface area contributed by atoms with Gasteiger partial charge in [0.15, 0.2) is 0 Å². The second-order valence-electron chi connectivity index (χ2n) is 4.14. The van der Waals surface area contributed by atoms with Gasteiger partial charge in [0.1, 0.15) is 0 Å². The minimum Gasteiger partial charge on any atom is -0.466 e. The topological polar surface area (TPSA) is 52.6 Å². The molecule has 2 rings (SSSR count). The minimum absolute atomic E-state index is 0.248. The normalized spacial score (nSPS) is 13.8. The van der Waals surface area contributed by atoms with Crippen LogP contribution in [0, 0.1) is 0 Å². The average Bonchev–Trinajstić information content (AvgIpc) is 2.44. The Balaban J connectivity index is 2.65. The molecular formula is C14H13ClO4. The van der Waals surface area contributed by atoms with E-state index in [0.29, 0.717) is 29.0 Å². The van der Waals surface area contributed by atoms with Crippen LogP contribution in [0.1, 0.15) is 17.5 Å². The quantitative estimate of drug-likeness (QED) is 0.781. The summed E-state index contributed by atoms with van der Waals surface area (Å²) in [5.74, 6) is -1.06. The Morgan fingerprint density at radius 1 is 1.11 bits per heavy atom. The maximum absolute atomic E-state index is 11.9. The van der Waals surface area contributed by atoms with Gasteiger partial charge in [0, 0.05) is 5.02 Å². The van der Waals surface area contributed by atoms with Crippen molar-refractivity contribution < 1.29 is 19.1 Å². The van der Waals surface area contributed by atoms with E-state index in [2.05, 4.69) is 0 Å². The number of halogens is 1. The molecule has 1 aromatic rings. The van der Waals surface area contributed by atoms with Crippen LogP contribution in [0.2, 0.25) is 5.02 Å². The Labute approximate surface area is 116 Å². The van der Waals surface area contributed by atoms with Crippen LogP contribution >= 0.6 is 11.6 Å². The van der Waals surface area contributed by atoms with Crippen molar-refractivity contribution in [3.63, 3.8) is 0 Å². The van der Waals surface area contributed by atoms with Gasteiger partial charge >= 0.3 is 11.9 Å². The van der Waals surface area contributed by atoms with Crippen molar-refractivity contribution in [2.45, 2.75) is 12.8 Å². The lowest BCUT2D eigenvalue weighted by atomic mass is 9.85. The summed E-state index contributed by atoms with van der Waals surface area (Å²) in [6, 6.07) is 5.29. The highest BCUT2D eigenvalue weighted by molar-refractivity contribution is 6.31. The van der Waals surface area contributed by atoms with Crippen LogP contribution in [0.5, 0.6) is 0 Å². The molecule has 0 saturated heterocycles. The number of methoxy groups -OCH3 is 2. The highest BCUT2D eigenvalue weighted by Crippen LogP contribution is 2.34. The summed E-state index contributed by atoms with van der Waals surface area (Å²) in [5, 5.41) is 0.506. The van der Waals surface area contributed by atoms with E-state index < -0.39 is 11.9 Å². The molecule has 0 spiro atoms. The largest absolute Gasteiger partial charge is 0.466 e.